The molecule has 2 rings (SSSR count). The number of rotatable bonds is 2. The number of nitrogens with one attached hydrogen (secondary N) is 1. The van der Waals surface area contributed by atoms with Crippen LogP contribution < -0.4 is 10.1 Å². The molecule has 1 saturated heterocycles. The average Bonchev–Trinajstić information content (AvgIpc) is 2.33. The van der Waals surface area contributed by atoms with Gasteiger partial charge in [-0.2, -0.15) is 0 Å². The molecule has 0 amide bonds. The molecule has 0 aliphatic carbocycles. The standard InChI is InChI=1S/C11H16N2O.HIO/c1-9-2-7-13-11(8-9)14-10-3-5-12-6-4-10;1-2/h2,7-8,10,12H,3-6H2,1H3;2H. The number of nitrogens with zero attached hydrogens (tertiary/aromatic N) is 1. The summed E-state index contributed by atoms with van der Waals surface area (Å²) >= 11 is 1.15. The second-order valence-corrected chi connectivity index (χ2v) is 3.74. The molecule has 0 atom stereocenters. The number of ether oxygens (including phenoxy) is 1. The van der Waals surface area contributed by atoms with E-state index in [-0.39, 0.29) is 0 Å². The monoisotopic (exact) mass is 336 g/mol. The van der Waals surface area contributed by atoms with Crippen molar-refractivity contribution < 1.29 is 8.17 Å². The minimum Gasteiger partial charge on any atom is -0.474 e. The smallest absolute Gasteiger partial charge is 0.213 e. The highest BCUT2D eigenvalue weighted by atomic mass is 127. The molecule has 5 heteroatoms. The highest BCUT2D eigenvalue weighted by Gasteiger charge is 2.14. The predicted molar refractivity (Wildman–Crippen MR) is 71.7 cm³/mol. The van der Waals surface area contributed by atoms with Gasteiger partial charge in [-0.25, -0.2) is 4.98 Å². The second-order valence-electron chi connectivity index (χ2n) is 3.74. The van der Waals surface area contributed by atoms with Crippen LogP contribution in [-0.4, -0.2) is 27.6 Å². The van der Waals surface area contributed by atoms with Gasteiger partial charge < -0.3 is 13.5 Å². The predicted octanol–water partition coefficient (Wildman–Crippen LogP) is 1.85. The molecule has 0 saturated carbocycles. The summed E-state index contributed by atoms with van der Waals surface area (Å²) < 4.78 is 12.8. The van der Waals surface area contributed by atoms with Gasteiger partial charge in [-0.1, -0.05) is 0 Å². The van der Waals surface area contributed by atoms with Gasteiger partial charge in [-0.3, -0.25) is 0 Å². The molecule has 2 heterocycles. The number of halogens is 1. The first-order chi connectivity index (χ1) is 7.84. The van der Waals surface area contributed by atoms with Gasteiger partial charge >= 0.3 is 0 Å². The van der Waals surface area contributed by atoms with Crippen molar-refractivity contribution in [2.24, 2.45) is 0 Å². The maximum Gasteiger partial charge on any atom is 0.213 e. The summed E-state index contributed by atoms with van der Waals surface area (Å²) in [4.78, 5) is 4.19. The van der Waals surface area contributed by atoms with E-state index < -0.39 is 0 Å². The third-order valence-electron chi connectivity index (χ3n) is 2.46. The molecule has 0 unspecified atom stereocenters. The maximum absolute atomic E-state index is 6.97. The summed E-state index contributed by atoms with van der Waals surface area (Å²) in [6.07, 6.45) is 4.29. The second kappa shape index (κ2) is 7.81. The van der Waals surface area contributed by atoms with E-state index in [2.05, 4.69) is 17.2 Å². The van der Waals surface area contributed by atoms with Crippen molar-refractivity contribution in [1.82, 2.24) is 10.3 Å². The lowest BCUT2D eigenvalue weighted by Gasteiger charge is -2.23. The summed E-state index contributed by atoms with van der Waals surface area (Å²) in [6.45, 7) is 4.16. The Labute approximate surface area is 110 Å². The van der Waals surface area contributed by atoms with Gasteiger partial charge in [0.2, 0.25) is 5.88 Å². The van der Waals surface area contributed by atoms with Crippen molar-refractivity contribution in [3.8, 4) is 5.88 Å². The van der Waals surface area contributed by atoms with Crippen LogP contribution in [0.25, 0.3) is 0 Å². The molecule has 0 bridgehead atoms. The van der Waals surface area contributed by atoms with E-state index in [1.165, 1.54) is 5.56 Å². The quantitative estimate of drug-likeness (QED) is 0.810. The first kappa shape index (κ1) is 13.7. The van der Waals surface area contributed by atoms with E-state index in [4.69, 9.17) is 8.17 Å². The number of aryl methyl sites for hydroxylation is 1. The molecule has 2 N–H and O–H groups in total. The normalized spacial score (nSPS) is 16.2. The van der Waals surface area contributed by atoms with Gasteiger partial charge in [0.1, 0.15) is 29.1 Å². The lowest BCUT2D eigenvalue weighted by Crippen LogP contribution is -2.34. The minimum absolute atomic E-state index is 0.338. The van der Waals surface area contributed by atoms with Gasteiger partial charge in [-0.05, 0) is 44.5 Å². The minimum atomic E-state index is 0.338. The lowest BCUT2D eigenvalue weighted by molar-refractivity contribution is 0.156. The lowest BCUT2D eigenvalue weighted by atomic mass is 10.1. The number of hydrogen-bond donors (Lipinski definition) is 2. The molecular weight excluding hydrogens is 319 g/mol. The largest absolute Gasteiger partial charge is 0.474 e. The Kier molecular flexibility index (Phi) is 6.67. The van der Waals surface area contributed by atoms with Crippen molar-refractivity contribution in [2.45, 2.75) is 25.9 Å². The zero-order valence-electron chi connectivity index (χ0n) is 9.32. The molecule has 0 spiro atoms. The first-order valence-electron chi connectivity index (χ1n) is 5.31. The van der Waals surface area contributed by atoms with E-state index in [1.54, 1.807) is 6.20 Å². The number of hydrogen-bond acceptors (Lipinski definition) is 4. The Bertz CT molecular complexity index is 304. The molecule has 4 nitrogen and oxygen atoms in total. The zero-order valence-corrected chi connectivity index (χ0v) is 11.5. The average molecular weight is 336 g/mol. The molecule has 1 aromatic heterocycles. The summed E-state index contributed by atoms with van der Waals surface area (Å²) in [5.74, 6) is 0.761. The van der Waals surface area contributed by atoms with Crippen molar-refractivity contribution in [1.29, 1.82) is 0 Å². The van der Waals surface area contributed by atoms with Crippen LogP contribution in [-0.2, 0) is 0 Å². The van der Waals surface area contributed by atoms with E-state index >= 15 is 0 Å². The highest BCUT2D eigenvalue weighted by Crippen LogP contribution is 2.14. The Morgan fingerprint density at radius 2 is 2.12 bits per heavy atom. The van der Waals surface area contributed by atoms with Crippen LogP contribution in [0.15, 0.2) is 18.3 Å². The summed E-state index contributed by atoms with van der Waals surface area (Å²) in [7, 11) is 0. The van der Waals surface area contributed by atoms with Crippen LogP contribution >= 0.6 is 23.0 Å². The molecule has 1 aromatic rings. The molecule has 1 fully saturated rings. The van der Waals surface area contributed by atoms with Gasteiger partial charge in [0.05, 0.1) is 0 Å². The van der Waals surface area contributed by atoms with E-state index in [9.17, 15) is 0 Å². The van der Waals surface area contributed by atoms with Crippen LogP contribution in [0.3, 0.4) is 0 Å². The molecule has 90 valence electrons. The van der Waals surface area contributed by atoms with Gasteiger partial charge in [-0.15, -0.1) is 0 Å². The van der Waals surface area contributed by atoms with Crippen molar-refractivity contribution in [3.63, 3.8) is 0 Å². The fraction of sp³-hybridized carbons (Fsp3) is 0.545. The summed E-state index contributed by atoms with van der Waals surface area (Å²) in [5, 5.41) is 3.31. The van der Waals surface area contributed by atoms with E-state index in [0.717, 1.165) is 54.8 Å². The van der Waals surface area contributed by atoms with Crippen molar-refractivity contribution in [2.75, 3.05) is 13.1 Å². The highest BCUT2D eigenvalue weighted by molar-refractivity contribution is 14.1. The number of piperidine rings is 1. The van der Waals surface area contributed by atoms with E-state index in [1.807, 2.05) is 12.1 Å². The molecule has 1 aliphatic heterocycles. The fourth-order valence-electron chi connectivity index (χ4n) is 1.66. The number of pyridine rings is 1. The van der Waals surface area contributed by atoms with Crippen molar-refractivity contribution in [3.05, 3.63) is 23.9 Å². The molecule has 16 heavy (non-hydrogen) atoms. The van der Waals surface area contributed by atoms with E-state index in [0.29, 0.717) is 6.10 Å². The summed E-state index contributed by atoms with van der Waals surface area (Å²) in [5.41, 5.74) is 1.20. The van der Waals surface area contributed by atoms with Gasteiger partial charge in [0, 0.05) is 12.3 Å². The molecule has 0 radical (unpaired) electrons. The Morgan fingerprint density at radius 1 is 1.44 bits per heavy atom. The topological polar surface area (TPSA) is 54.4 Å². The van der Waals surface area contributed by atoms with Crippen LogP contribution in [0, 0.1) is 6.92 Å². The Morgan fingerprint density at radius 3 is 2.75 bits per heavy atom. The number of aromatic nitrogens is 1. The third-order valence-corrected chi connectivity index (χ3v) is 2.46. The Hall–Kier alpha value is -0.400. The molecule has 0 aromatic carbocycles. The van der Waals surface area contributed by atoms with Crippen LogP contribution in [0.4, 0.5) is 0 Å². The fourth-order valence-corrected chi connectivity index (χ4v) is 1.66. The molecular formula is C11H17IN2O2. The molecule has 1 aliphatic rings. The van der Waals surface area contributed by atoms with Gasteiger partial charge in [0.25, 0.3) is 0 Å². The Balaban J connectivity index is 0.000000606. The maximum atomic E-state index is 6.97. The summed E-state index contributed by atoms with van der Waals surface area (Å²) in [6, 6.07) is 3.97. The van der Waals surface area contributed by atoms with Gasteiger partial charge in [0.15, 0.2) is 0 Å². The third kappa shape index (κ3) is 4.63. The van der Waals surface area contributed by atoms with Crippen LogP contribution in [0.1, 0.15) is 18.4 Å². The van der Waals surface area contributed by atoms with Crippen LogP contribution in [0.5, 0.6) is 5.88 Å². The SMILES string of the molecule is Cc1ccnc(OC2CCNCC2)c1.OI. The zero-order chi connectivity index (χ0) is 11.8. The van der Waals surface area contributed by atoms with Crippen LogP contribution in [0.2, 0.25) is 0 Å². The van der Waals surface area contributed by atoms with Crippen molar-refractivity contribution >= 4 is 23.0 Å². The first-order valence-corrected chi connectivity index (χ1v) is 6.28.